The number of hydrogen-bond donors (Lipinski definition) is 1. The number of nitrogens with one attached hydrogen (secondary N) is 1. The van der Waals surface area contributed by atoms with Gasteiger partial charge in [0.05, 0.1) is 11.5 Å². The van der Waals surface area contributed by atoms with E-state index >= 15 is 0 Å². The van der Waals surface area contributed by atoms with Gasteiger partial charge in [0, 0.05) is 41.6 Å². The van der Waals surface area contributed by atoms with Crippen LogP contribution in [0.3, 0.4) is 0 Å². The van der Waals surface area contributed by atoms with Crippen LogP contribution in [0.1, 0.15) is 25.3 Å². The highest BCUT2D eigenvalue weighted by atomic mass is 15.1. The Kier molecular flexibility index (Phi) is 5.03. The van der Waals surface area contributed by atoms with Crippen LogP contribution in [0.15, 0.2) is 79.5 Å². The zero-order chi connectivity index (χ0) is 22.1. The van der Waals surface area contributed by atoms with Crippen molar-refractivity contribution in [1.29, 1.82) is 5.26 Å². The molecule has 1 N–H and O–H groups in total. The summed E-state index contributed by atoms with van der Waals surface area (Å²) in [6.45, 7) is 8.16. The molecule has 1 aliphatic heterocycles. The van der Waals surface area contributed by atoms with Gasteiger partial charge in [-0.25, -0.2) is 4.98 Å². The first-order valence-electron chi connectivity index (χ1n) is 11.0. The van der Waals surface area contributed by atoms with E-state index in [9.17, 15) is 5.26 Å². The number of pyridine rings is 1. The van der Waals surface area contributed by atoms with E-state index in [0.29, 0.717) is 0 Å². The van der Waals surface area contributed by atoms with Crippen LogP contribution in [0.25, 0.3) is 39.1 Å². The number of benzene rings is 2. The predicted octanol–water partition coefficient (Wildman–Crippen LogP) is 6.49. The maximum Gasteiger partial charge on any atom is 0.137 e. The van der Waals surface area contributed by atoms with E-state index in [1.165, 1.54) is 0 Å². The molecule has 32 heavy (non-hydrogen) atoms. The van der Waals surface area contributed by atoms with Crippen LogP contribution < -0.4 is 0 Å². The van der Waals surface area contributed by atoms with Crippen molar-refractivity contribution < 1.29 is 0 Å². The van der Waals surface area contributed by atoms with E-state index in [4.69, 9.17) is 0 Å². The molecule has 2 aromatic heterocycles. The van der Waals surface area contributed by atoms with Gasteiger partial charge in [-0.05, 0) is 54.7 Å². The van der Waals surface area contributed by atoms with Gasteiger partial charge in [0.15, 0.2) is 0 Å². The summed E-state index contributed by atoms with van der Waals surface area (Å²) in [5.74, 6) is 0. The molecule has 2 aromatic carbocycles. The van der Waals surface area contributed by atoms with Gasteiger partial charge < -0.3 is 9.88 Å². The number of piperidine rings is 1. The van der Waals surface area contributed by atoms with Crippen molar-refractivity contribution in [2.24, 2.45) is 5.41 Å². The Morgan fingerprint density at radius 1 is 1.00 bits per heavy atom. The molecule has 0 spiro atoms. The minimum atomic E-state index is -0.213. The molecule has 1 fully saturated rings. The number of aromatic amines is 1. The van der Waals surface area contributed by atoms with E-state index < -0.39 is 0 Å². The highest BCUT2D eigenvalue weighted by Crippen LogP contribution is 2.34. The lowest BCUT2D eigenvalue weighted by Crippen LogP contribution is -2.36. The topological polar surface area (TPSA) is 55.7 Å². The van der Waals surface area contributed by atoms with Crippen LogP contribution in [0, 0.1) is 16.7 Å². The Hall–Kier alpha value is -3.84. The van der Waals surface area contributed by atoms with Gasteiger partial charge in [-0.2, -0.15) is 5.26 Å². The molecule has 4 aromatic rings. The van der Waals surface area contributed by atoms with Gasteiger partial charge in [-0.1, -0.05) is 55.1 Å². The molecule has 0 amide bonds. The lowest BCUT2D eigenvalue weighted by Gasteiger charge is -2.37. The summed E-state index contributed by atoms with van der Waals surface area (Å²) in [5.41, 5.74) is 7.25. The summed E-state index contributed by atoms with van der Waals surface area (Å²) >= 11 is 0. The van der Waals surface area contributed by atoms with Crippen molar-refractivity contribution >= 4 is 16.7 Å². The number of nitrogens with zero attached hydrogens (tertiary/aromatic N) is 3. The molecule has 0 atom stereocenters. The highest BCUT2D eigenvalue weighted by molar-refractivity contribution is 5.87. The Morgan fingerprint density at radius 3 is 2.50 bits per heavy atom. The van der Waals surface area contributed by atoms with Crippen LogP contribution in [-0.4, -0.2) is 28.0 Å². The van der Waals surface area contributed by atoms with E-state index in [1.807, 2.05) is 24.4 Å². The van der Waals surface area contributed by atoms with Gasteiger partial charge in [-0.15, -0.1) is 0 Å². The summed E-state index contributed by atoms with van der Waals surface area (Å²) in [4.78, 5) is 10.4. The largest absolute Gasteiger partial charge is 0.371 e. The lowest BCUT2D eigenvalue weighted by atomic mass is 9.82. The summed E-state index contributed by atoms with van der Waals surface area (Å²) in [7, 11) is 0. The van der Waals surface area contributed by atoms with Gasteiger partial charge in [0.1, 0.15) is 5.65 Å². The maximum absolute atomic E-state index is 9.40. The number of H-pyrrole nitrogens is 1. The molecule has 3 heterocycles. The molecule has 5 rings (SSSR count). The molecule has 4 heteroatoms. The fourth-order valence-electron chi connectivity index (χ4n) is 4.39. The van der Waals surface area contributed by atoms with Crippen molar-refractivity contribution in [2.75, 3.05) is 13.1 Å². The third-order valence-electron chi connectivity index (χ3n) is 6.60. The Labute approximate surface area is 188 Å². The molecular weight excluding hydrogens is 392 g/mol. The maximum atomic E-state index is 9.40. The Balaban J connectivity index is 1.40. The van der Waals surface area contributed by atoms with Gasteiger partial charge >= 0.3 is 0 Å². The van der Waals surface area contributed by atoms with E-state index in [0.717, 1.165) is 70.6 Å². The van der Waals surface area contributed by atoms with Crippen molar-refractivity contribution in [1.82, 2.24) is 14.9 Å². The van der Waals surface area contributed by atoms with E-state index in [2.05, 4.69) is 83.0 Å². The standard InChI is InChI=1S/C28H26N4/c1-20(32-13-11-28(2,19-29)12-14-32)22-9-6-10-23(15-22)25-16-24-17-26(31-27(24)30-18-25)21-7-4-3-5-8-21/h3-10,15-18H,1,11-14H2,2H3,(H,30,31). The normalized spacial score (nSPS) is 15.4. The molecule has 1 aliphatic rings. The van der Waals surface area contributed by atoms with Crippen molar-refractivity contribution in [2.45, 2.75) is 19.8 Å². The van der Waals surface area contributed by atoms with Gasteiger partial charge in [0.25, 0.3) is 0 Å². The zero-order valence-corrected chi connectivity index (χ0v) is 18.3. The summed E-state index contributed by atoms with van der Waals surface area (Å²) in [5, 5.41) is 10.5. The molecule has 0 bridgehead atoms. The average molecular weight is 419 g/mol. The molecule has 0 radical (unpaired) electrons. The van der Waals surface area contributed by atoms with Crippen molar-refractivity contribution in [3.8, 4) is 28.5 Å². The second-order valence-corrected chi connectivity index (χ2v) is 8.90. The third-order valence-corrected chi connectivity index (χ3v) is 6.60. The quantitative estimate of drug-likeness (QED) is 0.412. The van der Waals surface area contributed by atoms with Gasteiger partial charge in [-0.3, -0.25) is 0 Å². The number of hydrogen-bond acceptors (Lipinski definition) is 3. The zero-order valence-electron chi connectivity index (χ0n) is 18.3. The minimum absolute atomic E-state index is 0.213. The van der Waals surface area contributed by atoms with Crippen LogP contribution in [0.2, 0.25) is 0 Å². The van der Waals surface area contributed by atoms with E-state index in [-0.39, 0.29) is 5.41 Å². The third kappa shape index (κ3) is 3.78. The molecule has 0 unspecified atom stereocenters. The first-order chi connectivity index (χ1) is 15.5. The number of aromatic nitrogens is 2. The first kappa shape index (κ1) is 20.1. The fourth-order valence-corrected chi connectivity index (χ4v) is 4.39. The SMILES string of the molecule is C=C(c1cccc(-c2cnc3[nH]c(-c4ccccc4)cc3c2)c1)N1CCC(C)(C#N)CC1. The monoisotopic (exact) mass is 418 g/mol. The average Bonchev–Trinajstić information content (AvgIpc) is 3.28. The molecule has 4 nitrogen and oxygen atoms in total. The van der Waals surface area contributed by atoms with Crippen LogP contribution in [0.4, 0.5) is 0 Å². The van der Waals surface area contributed by atoms with E-state index in [1.54, 1.807) is 0 Å². The Bertz CT molecular complexity index is 1320. The first-order valence-corrected chi connectivity index (χ1v) is 11.0. The summed E-state index contributed by atoms with van der Waals surface area (Å²) in [6, 6.07) is 25.6. The molecule has 1 saturated heterocycles. The second-order valence-electron chi connectivity index (χ2n) is 8.90. The Morgan fingerprint density at radius 2 is 1.75 bits per heavy atom. The van der Waals surface area contributed by atoms with Crippen LogP contribution >= 0.6 is 0 Å². The highest BCUT2D eigenvalue weighted by Gasteiger charge is 2.30. The molecule has 0 aliphatic carbocycles. The fraction of sp³-hybridized carbons (Fsp3) is 0.214. The van der Waals surface area contributed by atoms with Crippen LogP contribution in [0.5, 0.6) is 0 Å². The lowest BCUT2D eigenvalue weighted by molar-refractivity contribution is 0.215. The predicted molar refractivity (Wildman–Crippen MR) is 131 cm³/mol. The summed E-state index contributed by atoms with van der Waals surface area (Å²) < 4.78 is 0. The number of nitriles is 1. The summed E-state index contributed by atoms with van der Waals surface area (Å²) in [6.07, 6.45) is 3.68. The molecule has 158 valence electrons. The van der Waals surface area contributed by atoms with Crippen molar-refractivity contribution in [3.63, 3.8) is 0 Å². The van der Waals surface area contributed by atoms with Crippen LogP contribution in [-0.2, 0) is 0 Å². The number of likely N-dealkylation sites (tertiary alicyclic amines) is 1. The minimum Gasteiger partial charge on any atom is -0.371 e. The van der Waals surface area contributed by atoms with Gasteiger partial charge in [0.2, 0.25) is 0 Å². The smallest absolute Gasteiger partial charge is 0.137 e. The van der Waals surface area contributed by atoms with Crippen molar-refractivity contribution in [3.05, 3.63) is 85.1 Å². The molecule has 0 saturated carbocycles. The number of rotatable bonds is 4. The second kappa shape index (κ2) is 8.01. The number of fused-ring (bicyclic) bond motifs is 1. The molecular formula is C28H26N4.